The average Bonchev–Trinajstić information content (AvgIpc) is 3.13. The number of hydrogen-bond acceptors (Lipinski definition) is 5. The monoisotopic (exact) mass is 470 g/mol. The number of amides is 2. The maximum atomic E-state index is 13.3. The summed E-state index contributed by atoms with van der Waals surface area (Å²) in [6.07, 6.45) is 0.838. The highest BCUT2D eigenvalue weighted by Gasteiger charge is 2.47. The lowest BCUT2D eigenvalue weighted by molar-refractivity contribution is -0.132. The van der Waals surface area contributed by atoms with Crippen LogP contribution in [-0.2, 0) is 20.8 Å². The van der Waals surface area contributed by atoms with Gasteiger partial charge in [0.05, 0.1) is 18.7 Å². The fourth-order valence-electron chi connectivity index (χ4n) is 4.19. The molecule has 1 heterocycles. The molecule has 0 bridgehead atoms. The number of methoxy groups -OCH3 is 1. The first kappa shape index (κ1) is 23.8. The van der Waals surface area contributed by atoms with Gasteiger partial charge in [0.15, 0.2) is 0 Å². The summed E-state index contributed by atoms with van der Waals surface area (Å²) in [6, 6.07) is 20.1. The highest BCUT2D eigenvalue weighted by Crippen LogP contribution is 2.42. The van der Waals surface area contributed by atoms with Crippen molar-refractivity contribution in [2.45, 2.75) is 26.3 Å². The van der Waals surface area contributed by atoms with Gasteiger partial charge in [0.1, 0.15) is 11.5 Å². The highest BCUT2D eigenvalue weighted by molar-refractivity contribution is 6.51. The summed E-state index contributed by atoms with van der Waals surface area (Å²) in [5.41, 5.74) is 3.10. The largest absolute Gasteiger partial charge is 0.507 e. The van der Waals surface area contributed by atoms with Crippen LogP contribution in [0.2, 0.25) is 0 Å². The predicted molar refractivity (Wildman–Crippen MR) is 134 cm³/mol. The molecular weight excluding hydrogens is 444 g/mol. The Labute approximate surface area is 203 Å². The number of carbonyl (C=O) groups excluding carboxylic acids is 3. The summed E-state index contributed by atoms with van der Waals surface area (Å²) in [4.78, 5) is 39.5. The minimum Gasteiger partial charge on any atom is -0.507 e. The summed E-state index contributed by atoms with van der Waals surface area (Å²) in [6.45, 7) is 3.43. The van der Waals surface area contributed by atoms with Crippen LogP contribution < -0.4 is 15.0 Å². The van der Waals surface area contributed by atoms with Gasteiger partial charge in [0.25, 0.3) is 11.7 Å². The molecule has 0 aliphatic carbocycles. The topological polar surface area (TPSA) is 95.9 Å². The van der Waals surface area contributed by atoms with Crippen LogP contribution in [-0.4, -0.2) is 29.8 Å². The van der Waals surface area contributed by atoms with E-state index in [1.807, 2.05) is 31.2 Å². The van der Waals surface area contributed by atoms with Crippen molar-refractivity contribution in [3.63, 3.8) is 0 Å². The number of benzene rings is 3. The van der Waals surface area contributed by atoms with E-state index in [0.29, 0.717) is 28.3 Å². The molecule has 178 valence electrons. The van der Waals surface area contributed by atoms with Gasteiger partial charge in [-0.3, -0.25) is 19.3 Å². The van der Waals surface area contributed by atoms with Crippen LogP contribution in [0.3, 0.4) is 0 Å². The van der Waals surface area contributed by atoms with E-state index in [-0.39, 0.29) is 17.2 Å². The van der Waals surface area contributed by atoms with Gasteiger partial charge in [-0.25, -0.2) is 0 Å². The molecule has 7 heteroatoms. The van der Waals surface area contributed by atoms with Crippen LogP contribution in [0.25, 0.3) is 5.76 Å². The predicted octanol–water partition coefficient (Wildman–Crippen LogP) is 4.84. The van der Waals surface area contributed by atoms with Gasteiger partial charge >= 0.3 is 0 Å². The van der Waals surface area contributed by atoms with E-state index in [4.69, 9.17) is 4.74 Å². The Morgan fingerprint density at radius 3 is 2.31 bits per heavy atom. The molecule has 3 aromatic carbocycles. The molecule has 1 fully saturated rings. The minimum absolute atomic E-state index is 0.00524. The van der Waals surface area contributed by atoms with Crippen LogP contribution in [0.4, 0.5) is 11.4 Å². The number of aliphatic hydroxyl groups excluding tert-OH is 1. The van der Waals surface area contributed by atoms with E-state index in [2.05, 4.69) is 5.32 Å². The van der Waals surface area contributed by atoms with Crippen molar-refractivity contribution in [2.24, 2.45) is 0 Å². The molecule has 1 aliphatic rings. The molecule has 1 atom stereocenters. The van der Waals surface area contributed by atoms with Crippen molar-refractivity contribution in [3.8, 4) is 5.75 Å². The zero-order valence-electron chi connectivity index (χ0n) is 19.7. The SMILES string of the molecule is CCc1ccc(C2/C(=C(\O)c3ccc(OC)cc3)C(=O)C(=O)N2c2cccc(NC(C)=O)c2)cc1. The van der Waals surface area contributed by atoms with Crippen molar-refractivity contribution in [3.05, 3.63) is 95.1 Å². The summed E-state index contributed by atoms with van der Waals surface area (Å²) < 4.78 is 5.18. The number of Topliss-reactive ketones (excluding diaryl/α,β-unsaturated/α-hetero) is 1. The first-order valence-electron chi connectivity index (χ1n) is 11.3. The lowest BCUT2D eigenvalue weighted by Gasteiger charge is -2.26. The molecule has 0 saturated carbocycles. The number of ether oxygens (including phenoxy) is 1. The van der Waals surface area contributed by atoms with Gasteiger partial charge in [0.2, 0.25) is 5.91 Å². The minimum atomic E-state index is -0.851. The average molecular weight is 471 g/mol. The van der Waals surface area contributed by atoms with Crippen molar-refractivity contribution < 1.29 is 24.2 Å². The van der Waals surface area contributed by atoms with Gasteiger partial charge in [-0.1, -0.05) is 37.3 Å². The van der Waals surface area contributed by atoms with E-state index < -0.39 is 17.7 Å². The van der Waals surface area contributed by atoms with Gasteiger partial charge < -0.3 is 15.2 Å². The van der Waals surface area contributed by atoms with Crippen LogP contribution in [0, 0.1) is 0 Å². The highest BCUT2D eigenvalue weighted by atomic mass is 16.5. The fraction of sp³-hybridized carbons (Fsp3) is 0.179. The Bertz CT molecular complexity index is 1310. The molecule has 0 aromatic heterocycles. The molecule has 3 aromatic rings. The van der Waals surface area contributed by atoms with Crippen LogP contribution in [0.1, 0.15) is 36.6 Å². The van der Waals surface area contributed by atoms with E-state index in [9.17, 15) is 19.5 Å². The molecule has 1 saturated heterocycles. The fourth-order valence-corrected chi connectivity index (χ4v) is 4.19. The van der Waals surface area contributed by atoms with Crippen molar-refractivity contribution >= 4 is 34.7 Å². The number of aliphatic hydroxyl groups is 1. The summed E-state index contributed by atoms with van der Waals surface area (Å²) in [5.74, 6) is -1.47. The van der Waals surface area contributed by atoms with Crippen molar-refractivity contribution in [1.29, 1.82) is 0 Å². The Kier molecular flexibility index (Phi) is 6.68. The van der Waals surface area contributed by atoms with Gasteiger partial charge in [0, 0.05) is 23.9 Å². The molecule has 7 nitrogen and oxygen atoms in total. The van der Waals surface area contributed by atoms with Gasteiger partial charge in [-0.05, 0) is 60.0 Å². The van der Waals surface area contributed by atoms with E-state index in [1.165, 1.54) is 18.9 Å². The molecule has 1 aliphatic heterocycles. The number of rotatable bonds is 6. The number of carbonyl (C=O) groups is 3. The number of ketones is 1. The standard InChI is InChI=1S/C28H26N2O5/c1-4-18-8-10-19(11-9-18)25-24(26(32)20-12-14-23(35-3)15-13-20)27(33)28(34)30(25)22-7-5-6-21(16-22)29-17(2)31/h5-16,25,32H,4H2,1-3H3,(H,29,31)/b26-24+. The lowest BCUT2D eigenvalue weighted by Crippen LogP contribution is -2.29. The van der Waals surface area contributed by atoms with Gasteiger partial charge in [-0.15, -0.1) is 0 Å². The second kappa shape index (κ2) is 9.85. The molecule has 0 spiro atoms. The number of nitrogens with one attached hydrogen (secondary N) is 1. The number of nitrogens with zero attached hydrogens (tertiary/aromatic N) is 1. The molecular formula is C28H26N2O5. The molecule has 2 N–H and O–H groups in total. The van der Waals surface area contributed by atoms with E-state index in [1.54, 1.807) is 48.5 Å². The van der Waals surface area contributed by atoms with Crippen LogP contribution >= 0.6 is 0 Å². The smallest absolute Gasteiger partial charge is 0.300 e. The van der Waals surface area contributed by atoms with E-state index >= 15 is 0 Å². The molecule has 2 amide bonds. The second-order valence-electron chi connectivity index (χ2n) is 8.22. The third-order valence-corrected chi connectivity index (χ3v) is 5.96. The Balaban J connectivity index is 1.89. The van der Waals surface area contributed by atoms with Gasteiger partial charge in [-0.2, -0.15) is 0 Å². The Hall–Kier alpha value is -4.39. The Morgan fingerprint density at radius 1 is 1.03 bits per heavy atom. The first-order chi connectivity index (χ1) is 16.8. The lowest BCUT2D eigenvalue weighted by atomic mass is 9.94. The zero-order valence-corrected chi connectivity index (χ0v) is 19.7. The van der Waals surface area contributed by atoms with Crippen molar-refractivity contribution in [1.82, 2.24) is 0 Å². The molecule has 0 radical (unpaired) electrons. The second-order valence-corrected chi connectivity index (χ2v) is 8.22. The summed E-state index contributed by atoms with van der Waals surface area (Å²) in [7, 11) is 1.54. The number of hydrogen-bond donors (Lipinski definition) is 2. The normalized spacial score (nSPS) is 16.9. The zero-order chi connectivity index (χ0) is 25.1. The quantitative estimate of drug-likeness (QED) is 0.305. The van der Waals surface area contributed by atoms with E-state index in [0.717, 1.165) is 12.0 Å². The summed E-state index contributed by atoms with van der Waals surface area (Å²) >= 11 is 0. The Morgan fingerprint density at radius 2 is 1.71 bits per heavy atom. The maximum Gasteiger partial charge on any atom is 0.300 e. The molecule has 1 unspecified atom stereocenters. The summed E-state index contributed by atoms with van der Waals surface area (Å²) in [5, 5.41) is 13.9. The van der Waals surface area contributed by atoms with Crippen LogP contribution in [0.5, 0.6) is 5.75 Å². The number of aryl methyl sites for hydroxylation is 1. The molecule has 35 heavy (non-hydrogen) atoms. The number of anilines is 2. The third kappa shape index (κ3) is 4.66. The molecule has 4 rings (SSSR count). The maximum absolute atomic E-state index is 13.3. The first-order valence-corrected chi connectivity index (χ1v) is 11.3. The van der Waals surface area contributed by atoms with Crippen molar-refractivity contribution in [2.75, 3.05) is 17.3 Å². The third-order valence-electron chi connectivity index (χ3n) is 5.96. The van der Waals surface area contributed by atoms with Crippen LogP contribution in [0.15, 0.2) is 78.4 Å².